The van der Waals surface area contributed by atoms with Gasteiger partial charge in [0.05, 0.1) is 0 Å². The molecule has 0 aromatic rings. The van der Waals surface area contributed by atoms with Crippen LogP contribution in [0.2, 0.25) is 0 Å². The summed E-state index contributed by atoms with van der Waals surface area (Å²) in [5.74, 6) is 0.335. The molecule has 19 heavy (non-hydrogen) atoms. The van der Waals surface area contributed by atoms with Gasteiger partial charge in [-0.2, -0.15) is 0 Å². The van der Waals surface area contributed by atoms with E-state index in [-0.39, 0.29) is 12.4 Å². The number of nitrogens with one attached hydrogen (secondary N) is 1. The van der Waals surface area contributed by atoms with Gasteiger partial charge in [-0.25, -0.2) is 0 Å². The van der Waals surface area contributed by atoms with E-state index in [0.29, 0.717) is 17.7 Å². The van der Waals surface area contributed by atoms with Crippen LogP contribution in [-0.2, 0) is 4.79 Å². The van der Waals surface area contributed by atoms with E-state index in [1.807, 2.05) is 4.90 Å². The Balaban J connectivity index is 0.00000180. The van der Waals surface area contributed by atoms with Crippen LogP contribution in [0, 0.1) is 5.41 Å². The van der Waals surface area contributed by atoms with Gasteiger partial charge in [0.2, 0.25) is 5.91 Å². The average molecular weight is 290 g/mol. The molecular weight excluding hydrogens is 262 g/mol. The predicted molar refractivity (Wildman–Crippen MR) is 80.8 cm³/mol. The molecule has 0 aromatic carbocycles. The Morgan fingerprint density at radius 2 is 1.68 bits per heavy atom. The zero-order valence-corrected chi connectivity index (χ0v) is 13.1. The van der Waals surface area contributed by atoms with E-state index in [1.54, 1.807) is 0 Å². The Labute approximate surface area is 123 Å². The number of carbonyl (C=O) groups excluding carboxylic acids is 1. The van der Waals surface area contributed by atoms with Crippen molar-refractivity contribution in [2.45, 2.75) is 33.1 Å². The molecule has 112 valence electrons. The maximum atomic E-state index is 12.0. The molecule has 2 fully saturated rings. The molecule has 0 unspecified atom stereocenters. The number of hydrogen-bond donors (Lipinski definition) is 1. The number of nitrogens with zero attached hydrogens (tertiary/aromatic N) is 2. The molecule has 1 N–H and O–H groups in total. The van der Waals surface area contributed by atoms with Gasteiger partial charge in [-0.05, 0) is 31.3 Å². The van der Waals surface area contributed by atoms with E-state index in [9.17, 15) is 4.79 Å². The average Bonchev–Trinajstić information content (AvgIpc) is 2.38. The molecular formula is C14H28ClN3O. The number of rotatable bonds is 3. The third-order valence-corrected chi connectivity index (χ3v) is 4.32. The molecule has 2 heterocycles. The summed E-state index contributed by atoms with van der Waals surface area (Å²) in [6.45, 7) is 11.6. The van der Waals surface area contributed by atoms with Crippen LogP contribution < -0.4 is 5.32 Å². The molecule has 1 amide bonds. The lowest BCUT2D eigenvalue weighted by molar-refractivity contribution is -0.132. The van der Waals surface area contributed by atoms with Crippen molar-refractivity contribution in [2.75, 3.05) is 45.8 Å². The smallest absolute Gasteiger partial charge is 0.223 e. The van der Waals surface area contributed by atoms with Gasteiger partial charge in [0.1, 0.15) is 0 Å². The molecule has 0 aromatic heterocycles. The standard InChI is InChI=1S/C14H27N3O.ClH/c1-14(2)4-9-16(10-5-14)8-3-13(18)17-11-6-15-7-12-17;/h15H,3-12H2,1-2H3;1H. The molecule has 0 saturated carbocycles. The third-order valence-electron chi connectivity index (χ3n) is 4.32. The monoisotopic (exact) mass is 289 g/mol. The van der Waals surface area contributed by atoms with Gasteiger partial charge in [0.15, 0.2) is 0 Å². The first-order valence-electron chi connectivity index (χ1n) is 7.28. The highest BCUT2D eigenvalue weighted by molar-refractivity contribution is 5.85. The Bertz CT molecular complexity index is 280. The highest BCUT2D eigenvalue weighted by Crippen LogP contribution is 2.29. The van der Waals surface area contributed by atoms with Crippen LogP contribution >= 0.6 is 12.4 Å². The van der Waals surface area contributed by atoms with Crippen LogP contribution in [0.15, 0.2) is 0 Å². The van der Waals surface area contributed by atoms with Crippen molar-refractivity contribution in [1.29, 1.82) is 0 Å². The second-order valence-electron chi connectivity index (χ2n) is 6.39. The Hall–Kier alpha value is -0.320. The van der Waals surface area contributed by atoms with Crippen molar-refractivity contribution < 1.29 is 4.79 Å². The number of piperazine rings is 1. The molecule has 0 spiro atoms. The largest absolute Gasteiger partial charge is 0.340 e. The van der Waals surface area contributed by atoms with Crippen LogP contribution in [0.4, 0.5) is 0 Å². The second kappa shape index (κ2) is 7.46. The summed E-state index contributed by atoms with van der Waals surface area (Å²) in [5, 5.41) is 3.28. The number of piperidine rings is 1. The van der Waals surface area contributed by atoms with Crippen LogP contribution in [0.1, 0.15) is 33.1 Å². The molecule has 0 radical (unpaired) electrons. The Morgan fingerprint density at radius 3 is 2.26 bits per heavy atom. The van der Waals surface area contributed by atoms with E-state index in [1.165, 1.54) is 12.8 Å². The van der Waals surface area contributed by atoms with Gasteiger partial charge in [0, 0.05) is 39.1 Å². The van der Waals surface area contributed by atoms with E-state index in [4.69, 9.17) is 0 Å². The van der Waals surface area contributed by atoms with Crippen molar-refractivity contribution in [3.63, 3.8) is 0 Å². The van der Waals surface area contributed by atoms with Crippen molar-refractivity contribution in [3.05, 3.63) is 0 Å². The predicted octanol–water partition coefficient (Wildman–Crippen LogP) is 1.35. The molecule has 0 atom stereocenters. The van der Waals surface area contributed by atoms with Gasteiger partial charge >= 0.3 is 0 Å². The summed E-state index contributed by atoms with van der Waals surface area (Å²) >= 11 is 0. The molecule has 2 saturated heterocycles. The summed E-state index contributed by atoms with van der Waals surface area (Å²) in [7, 11) is 0. The molecule has 5 heteroatoms. The Kier molecular flexibility index (Phi) is 6.57. The fraction of sp³-hybridized carbons (Fsp3) is 0.929. The maximum absolute atomic E-state index is 12.0. The SMILES string of the molecule is CC1(C)CCN(CCC(=O)N2CCNCC2)CC1.Cl. The normalized spacial score (nSPS) is 23.8. The van der Waals surface area contributed by atoms with E-state index in [2.05, 4.69) is 24.1 Å². The number of amides is 1. The summed E-state index contributed by atoms with van der Waals surface area (Å²) in [5.41, 5.74) is 0.499. The highest BCUT2D eigenvalue weighted by atomic mass is 35.5. The van der Waals surface area contributed by atoms with E-state index < -0.39 is 0 Å². The van der Waals surface area contributed by atoms with Crippen LogP contribution in [0.3, 0.4) is 0 Å². The van der Waals surface area contributed by atoms with Crippen LogP contribution in [-0.4, -0.2) is 61.5 Å². The lowest BCUT2D eigenvalue weighted by Gasteiger charge is -2.37. The first-order valence-corrected chi connectivity index (χ1v) is 7.28. The summed E-state index contributed by atoms with van der Waals surface area (Å²) in [4.78, 5) is 16.5. The first-order chi connectivity index (χ1) is 8.57. The fourth-order valence-corrected chi connectivity index (χ4v) is 2.71. The van der Waals surface area contributed by atoms with Gasteiger partial charge in [-0.15, -0.1) is 12.4 Å². The minimum absolute atomic E-state index is 0. The maximum Gasteiger partial charge on any atom is 0.223 e. The zero-order chi connectivity index (χ0) is 13.0. The highest BCUT2D eigenvalue weighted by Gasteiger charge is 2.25. The molecule has 2 aliphatic rings. The van der Waals surface area contributed by atoms with Gasteiger partial charge in [-0.3, -0.25) is 4.79 Å². The van der Waals surface area contributed by atoms with Crippen molar-refractivity contribution in [1.82, 2.24) is 15.1 Å². The fourth-order valence-electron chi connectivity index (χ4n) is 2.71. The van der Waals surface area contributed by atoms with Gasteiger partial charge < -0.3 is 15.1 Å². The summed E-state index contributed by atoms with van der Waals surface area (Å²) in [6, 6.07) is 0. The van der Waals surface area contributed by atoms with Crippen LogP contribution in [0.5, 0.6) is 0 Å². The lowest BCUT2D eigenvalue weighted by atomic mass is 9.83. The first kappa shape index (κ1) is 16.7. The lowest BCUT2D eigenvalue weighted by Crippen LogP contribution is -2.47. The zero-order valence-electron chi connectivity index (χ0n) is 12.3. The summed E-state index contributed by atoms with van der Waals surface area (Å²) < 4.78 is 0. The molecule has 0 bridgehead atoms. The van der Waals surface area contributed by atoms with Crippen molar-refractivity contribution >= 4 is 18.3 Å². The summed E-state index contributed by atoms with van der Waals surface area (Å²) in [6.07, 6.45) is 3.21. The van der Waals surface area contributed by atoms with E-state index in [0.717, 1.165) is 45.8 Å². The minimum atomic E-state index is 0. The van der Waals surface area contributed by atoms with Crippen LogP contribution in [0.25, 0.3) is 0 Å². The van der Waals surface area contributed by atoms with Gasteiger partial charge in [0.25, 0.3) is 0 Å². The Morgan fingerprint density at radius 1 is 1.11 bits per heavy atom. The van der Waals surface area contributed by atoms with Crippen molar-refractivity contribution in [3.8, 4) is 0 Å². The molecule has 0 aliphatic carbocycles. The minimum Gasteiger partial charge on any atom is -0.340 e. The molecule has 4 nitrogen and oxygen atoms in total. The number of halogens is 1. The van der Waals surface area contributed by atoms with E-state index >= 15 is 0 Å². The topological polar surface area (TPSA) is 35.6 Å². The number of carbonyl (C=O) groups is 1. The number of hydrogen-bond acceptors (Lipinski definition) is 3. The second-order valence-corrected chi connectivity index (χ2v) is 6.39. The molecule has 2 rings (SSSR count). The van der Waals surface area contributed by atoms with Crippen molar-refractivity contribution in [2.24, 2.45) is 5.41 Å². The van der Waals surface area contributed by atoms with Gasteiger partial charge in [-0.1, -0.05) is 13.8 Å². The molecule has 2 aliphatic heterocycles. The number of likely N-dealkylation sites (tertiary alicyclic amines) is 1. The quantitative estimate of drug-likeness (QED) is 0.852. The third kappa shape index (κ3) is 5.28.